The molecule has 0 aliphatic rings. The Hall–Kier alpha value is -2.69. The van der Waals surface area contributed by atoms with Crippen molar-refractivity contribution < 1.29 is 0 Å². The Bertz CT molecular complexity index is 706. The standard InChI is InChI=1S/C14H12N4O/c19-17-16-18-13-9-5-4-8-12(13)15-14(18)10-11-6-2-1-3-7-11/h1-9H,10H2,(H,16,19). The SMILES string of the molecule is O=NNn1c(Cc2ccccc2)nc2ccccc21. The summed E-state index contributed by atoms with van der Waals surface area (Å²) >= 11 is 0. The van der Waals surface area contributed by atoms with Crippen LogP contribution in [0.4, 0.5) is 0 Å². The van der Waals surface area contributed by atoms with E-state index in [9.17, 15) is 4.91 Å². The lowest BCUT2D eigenvalue weighted by Gasteiger charge is -2.05. The molecule has 0 unspecified atom stereocenters. The van der Waals surface area contributed by atoms with Gasteiger partial charge < -0.3 is 0 Å². The van der Waals surface area contributed by atoms with Crippen LogP contribution < -0.4 is 5.53 Å². The van der Waals surface area contributed by atoms with Gasteiger partial charge in [0.25, 0.3) is 0 Å². The normalized spacial score (nSPS) is 10.5. The Labute approximate surface area is 109 Å². The molecule has 0 aliphatic carbocycles. The molecule has 0 fully saturated rings. The van der Waals surface area contributed by atoms with E-state index in [0.29, 0.717) is 6.42 Å². The minimum Gasteiger partial charge on any atom is -0.231 e. The number of fused-ring (bicyclic) bond motifs is 1. The first-order chi connectivity index (χ1) is 9.38. The van der Waals surface area contributed by atoms with Crippen molar-refractivity contribution in [1.29, 1.82) is 0 Å². The molecular formula is C14H12N4O. The van der Waals surface area contributed by atoms with E-state index < -0.39 is 0 Å². The van der Waals surface area contributed by atoms with Crippen molar-refractivity contribution in [3.63, 3.8) is 0 Å². The smallest absolute Gasteiger partial charge is 0.135 e. The first-order valence-electron chi connectivity index (χ1n) is 5.97. The summed E-state index contributed by atoms with van der Waals surface area (Å²) in [6.45, 7) is 0. The van der Waals surface area contributed by atoms with Crippen molar-refractivity contribution in [3.05, 3.63) is 70.9 Å². The molecule has 2 aromatic carbocycles. The maximum atomic E-state index is 10.5. The molecule has 0 saturated carbocycles. The lowest BCUT2D eigenvalue weighted by molar-refractivity contribution is 0.823. The third kappa shape index (κ3) is 2.18. The highest BCUT2D eigenvalue weighted by atomic mass is 16.3. The summed E-state index contributed by atoms with van der Waals surface area (Å²) in [5.74, 6) is 0.756. The van der Waals surface area contributed by atoms with E-state index in [0.717, 1.165) is 22.4 Å². The van der Waals surface area contributed by atoms with Gasteiger partial charge in [0.2, 0.25) is 0 Å². The molecule has 0 spiro atoms. The van der Waals surface area contributed by atoms with Crippen LogP contribution in [0.5, 0.6) is 0 Å². The molecule has 1 aromatic heterocycles. The average Bonchev–Trinajstić information content (AvgIpc) is 2.79. The summed E-state index contributed by atoms with van der Waals surface area (Å²) in [5, 5.41) is 2.75. The maximum absolute atomic E-state index is 10.5. The van der Waals surface area contributed by atoms with E-state index >= 15 is 0 Å². The zero-order valence-electron chi connectivity index (χ0n) is 10.2. The van der Waals surface area contributed by atoms with Gasteiger partial charge in [-0.05, 0) is 17.7 Å². The molecule has 19 heavy (non-hydrogen) atoms. The second-order valence-corrected chi connectivity index (χ2v) is 4.21. The van der Waals surface area contributed by atoms with Gasteiger partial charge in [-0.25, -0.2) is 9.66 Å². The van der Waals surface area contributed by atoms with Gasteiger partial charge in [-0.1, -0.05) is 42.5 Å². The summed E-state index contributed by atoms with van der Waals surface area (Å²) in [6, 6.07) is 17.6. The first kappa shape index (κ1) is 11.4. The fourth-order valence-electron chi connectivity index (χ4n) is 2.13. The Morgan fingerprint density at radius 2 is 1.79 bits per heavy atom. The van der Waals surface area contributed by atoms with Gasteiger partial charge in [0.15, 0.2) is 0 Å². The molecule has 3 rings (SSSR count). The number of aromatic nitrogens is 2. The second-order valence-electron chi connectivity index (χ2n) is 4.21. The van der Waals surface area contributed by atoms with Crippen LogP contribution in [0.2, 0.25) is 0 Å². The number of imidazole rings is 1. The molecule has 94 valence electrons. The van der Waals surface area contributed by atoms with E-state index in [2.05, 4.69) is 15.8 Å². The molecular weight excluding hydrogens is 240 g/mol. The van der Waals surface area contributed by atoms with Crippen LogP contribution in [0.15, 0.2) is 59.9 Å². The van der Waals surface area contributed by atoms with E-state index in [4.69, 9.17) is 0 Å². The van der Waals surface area contributed by atoms with E-state index in [1.165, 1.54) is 0 Å². The van der Waals surface area contributed by atoms with Crippen molar-refractivity contribution in [2.24, 2.45) is 5.29 Å². The first-order valence-corrected chi connectivity index (χ1v) is 5.97. The predicted molar refractivity (Wildman–Crippen MR) is 74.1 cm³/mol. The molecule has 0 atom stereocenters. The van der Waals surface area contributed by atoms with Crippen LogP contribution in [0.1, 0.15) is 11.4 Å². The van der Waals surface area contributed by atoms with Crippen LogP contribution in [-0.4, -0.2) is 9.66 Å². The van der Waals surface area contributed by atoms with Crippen LogP contribution >= 0.6 is 0 Å². The van der Waals surface area contributed by atoms with Crippen LogP contribution in [0, 0.1) is 4.91 Å². The molecule has 5 heteroatoms. The Morgan fingerprint density at radius 3 is 2.58 bits per heavy atom. The Morgan fingerprint density at radius 1 is 1.05 bits per heavy atom. The third-order valence-corrected chi connectivity index (χ3v) is 2.98. The van der Waals surface area contributed by atoms with Crippen LogP contribution in [-0.2, 0) is 6.42 Å². The lowest BCUT2D eigenvalue weighted by atomic mass is 10.1. The summed E-state index contributed by atoms with van der Waals surface area (Å²) in [4.78, 5) is 15.0. The molecule has 0 aliphatic heterocycles. The number of hydrogen-bond donors (Lipinski definition) is 1. The summed E-state index contributed by atoms with van der Waals surface area (Å²) in [6.07, 6.45) is 0.637. The topological polar surface area (TPSA) is 59.3 Å². The average molecular weight is 252 g/mol. The minimum atomic E-state index is 0.637. The molecule has 1 heterocycles. The third-order valence-electron chi connectivity index (χ3n) is 2.98. The number of nitroso groups, excluding NO2 is 1. The van der Waals surface area contributed by atoms with Crippen molar-refractivity contribution in [2.75, 3.05) is 5.53 Å². The molecule has 0 radical (unpaired) electrons. The number of benzene rings is 2. The molecule has 0 amide bonds. The Kier molecular flexibility index (Phi) is 2.94. The van der Waals surface area contributed by atoms with E-state index in [1.807, 2.05) is 54.6 Å². The number of hydrogen-bond acceptors (Lipinski definition) is 3. The number of rotatable bonds is 4. The fourth-order valence-corrected chi connectivity index (χ4v) is 2.13. The van der Waals surface area contributed by atoms with Crippen molar-refractivity contribution in [2.45, 2.75) is 6.42 Å². The highest BCUT2D eigenvalue weighted by Crippen LogP contribution is 2.17. The largest absolute Gasteiger partial charge is 0.231 e. The van der Waals surface area contributed by atoms with Gasteiger partial charge in [0.1, 0.15) is 5.82 Å². The molecule has 5 nitrogen and oxygen atoms in total. The number of nitrogens with zero attached hydrogens (tertiary/aromatic N) is 3. The second kappa shape index (κ2) is 4.89. The van der Waals surface area contributed by atoms with Gasteiger partial charge in [0.05, 0.1) is 16.3 Å². The van der Waals surface area contributed by atoms with Crippen LogP contribution in [0.25, 0.3) is 11.0 Å². The summed E-state index contributed by atoms with van der Waals surface area (Å²) in [5.41, 5.74) is 5.25. The van der Waals surface area contributed by atoms with Gasteiger partial charge >= 0.3 is 0 Å². The van der Waals surface area contributed by atoms with E-state index in [1.54, 1.807) is 4.68 Å². The van der Waals surface area contributed by atoms with Gasteiger partial charge in [-0.2, -0.15) is 5.53 Å². The summed E-state index contributed by atoms with van der Waals surface area (Å²) in [7, 11) is 0. The van der Waals surface area contributed by atoms with Gasteiger partial charge in [-0.15, -0.1) is 4.91 Å². The zero-order valence-corrected chi connectivity index (χ0v) is 10.2. The highest BCUT2D eigenvalue weighted by molar-refractivity contribution is 5.76. The highest BCUT2D eigenvalue weighted by Gasteiger charge is 2.10. The zero-order chi connectivity index (χ0) is 13.1. The van der Waals surface area contributed by atoms with Crippen molar-refractivity contribution in [3.8, 4) is 0 Å². The lowest BCUT2D eigenvalue weighted by Crippen LogP contribution is -2.12. The quantitative estimate of drug-likeness (QED) is 0.573. The fraction of sp³-hybridized carbons (Fsp3) is 0.0714. The maximum Gasteiger partial charge on any atom is 0.135 e. The number of para-hydroxylation sites is 2. The molecule has 0 saturated heterocycles. The molecule has 1 N–H and O–H groups in total. The Balaban J connectivity index is 2.07. The monoisotopic (exact) mass is 252 g/mol. The van der Waals surface area contributed by atoms with Crippen molar-refractivity contribution >= 4 is 11.0 Å². The molecule has 0 bridgehead atoms. The summed E-state index contributed by atoms with van der Waals surface area (Å²) < 4.78 is 1.62. The van der Waals surface area contributed by atoms with Gasteiger partial charge in [0, 0.05) is 6.42 Å². The molecule has 3 aromatic rings. The minimum absolute atomic E-state index is 0.637. The van der Waals surface area contributed by atoms with E-state index in [-0.39, 0.29) is 0 Å². The van der Waals surface area contributed by atoms with Gasteiger partial charge in [-0.3, -0.25) is 0 Å². The number of nitrogens with one attached hydrogen (secondary N) is 1. The van der Waals surface area contributed by atoms with Crippen molar-refractivity contribution in [1.82, 2.24) is 9.66 Å². The van der Waals surface area contributed by atoms with Crippen LogP contribution in [0.3, 0.4) is 0 Å². The predicted octanol–water partition coefficient (Wildman–Crippen LogP) is 2.85.